The molecule has 2 N–H and O–H groups in total. The molecular weight excluding hydrogens is 212 g/mol. The highest BCUT2D eigenvalue weighted by Crippen LogP contribution is 2.36. The van der Waals surface area contributed by atoms with Crippen molar-refractivity contribution in [2.24, 2.45) is 5.73 Å². The van der Waals surface area contributed by atoms with E-state index >= 15 is 0 Å². The van der Waals surface area contributed by atoms with Crippen LogP contribution in [-0.2, 0) is 5.41 Å². The molecule has 2 nitrogen and oxygen atoms in total. The maximum Gasteiger partial charge on any atom is 0.133 e. The summed E-state index contributed by atoms with van der Waals surface area (Å²) >= 11 is 0. The van der Waals surface area contributed by atoms with Crippen molar-refractivity contribution in [2.45, 2.75) is 25.7 Å². The molecule has 90 valence electrons. The molecule has 4 heteroatoms. The number of hydrogen-bond donors (Lipinski definition) is 1. The first kappa shape index (κ1) is 12.9. The molecule has 16 heavy (non-hydrogen) atoms. The molecule has 0 heterocycles. The van der Waals surface area contributed by atoms with Gasteiger partial charge in [0.1, 0.15) is 17.4 Å². The van der Waals surface area contributed by atoms with Gasteiger partial charge >= 0.3 is 0 Å². The fourth-order valence-corrected chi connectivity index (χ4v) is 1.85. The molecule has 0 aliphatic carbocycles. The van der Waals surface area contributed by atoms with Crippen molar-refractivity contribution in [1.29, 1.82) is 0 Å². The lowest BCUT2D eigenvalue weighted by atomic mass is 9.80. The molecule has 0 saturated carbocycles. The lowest BCUT2D eigenvalue weighted by Crippen LogP contribution is -2.24. The van der Waals surface area contributed by atoms with Gasteiger partial charge in [-0.05, 0) is 18.4 Å². The number of nitrogens with two attached hydrogens (primary N) is 1. The van der Waals surface area contributed by atoms with E-state index in [1.165, 1.54) is 13.2 Å². The summed E-state index contributed by atoms with van der Waals surface area (Å²) < 4.78 is 31.8. The summed E-state index contributed by atoms with van der Waals surface area (Å²) in [5.74, 6) is -0.993. The minimum absolute atomic E-state index is 0.232. The van der Waals surface area contributed by atoms with Crippen LogP contribution in [0.1, 0.15) is 25.8 Å². The zero-order chi connectivity index (χ0) is 12.3. The molecule has 0 spiro atoms. The first-order chi connectivity index (χ1) is 7.42. The van der Waals surface area contributed by atoms with Crippen LogP contribution >= 0.6 is 0 Å². The lowest BCUT2D eigenvalue weighted by molar-refractivity contribution is 0.370. The molecule has 0 saturated heterocycles. The number of benzene rings is 1. The second-order valence-electron chi connectivity index (χ2n) is 4.39. The Morgan fingerprint density at radius 1 is 1.31 bits per heavy atom. The molecule has 0 unspecified atom stereocenters. The first-order valence-corrected chi connectivity index (χ1v) is 5.16. The van der Waals surface area contributed by atoms with Gasteiger partial charge in [0.15, 0.2) is 0 Å². The summed E-state index contributed by atoms with van der Waals surface area (Å²) in [6.07, 6.45) is 0.603. The van der Waals surface area contributed by atoms with Crippen LogP contribution in [0.4, 0.5) is 8.78 Å². The van der Waals surface area contributed by atoms with Crippen molar-refractivity contribution in [2.75, 3.05) is 13.7 Å². The molecule has 0 aliphatic heterocycles. The topological polar surface area (TPSA) is 35.2 Å². The van der Waals surface area contributed by atoms with E-state index < -0.39 is 17.0 Å². The number of methoxy groups -OCH3 is 1. The molecule has 0 fully saturated rings. The van der Waals surface area contributed by atoms with Crippen LogP contribution in [0.15, 0.2) is 12.1 Å². The average molecular weight is 229 g/mol. The third-order valence-corrected chi connectivity index (χ3v) is 2.68. The molecule has 0 aromatic heterocycles. The van der Waals surface area contributed by atoms with E-state index in [9.17, 15) is 8.78 Å². The number of hydrogen-bond acceptors (Lipinski definition) is 2. The minimum atomic E-state index is -0.637. The fraction of sp³-hybridized carbons (Fsp3) is 0.500. The Balaban J connectivity index is 3.31. The predicted molar refractivity (Wildman–Crippen MR) is 59.6 cm³/mol. The average Bonchev–Trinajstić information content (AvgIpc) is 2.15. The van der Waals surface area contributed by atoms with Gasteiger partial charge in [-0.2, -0.15) is 0 Å². The Kier molecular flexibility index (Phi) is 3.86. The quantitative estimate of drug-likeness (QED) is 0.861. The van der Waals surface area contributed by atoms with Crippen LogP contribution in [0.3, 0.4) is 0 Å². The Morgan fingerprint density at radius 3 is 2.44 bits per heavy atom. The summed E-state index contributed by atoms with van der Waals surface area (Å²) in [5, 5.41) is 0. The Bertz CT molecular complexity index is 378. The van der Waals surface area contributed by atoms with Gasteiger partial charge in [-0.15, -0.1) is 0 Å². The highest BCUT2D eigenvalue weighted by molar-refractivity contribution is 5.40. The van der Waals surface area contributed by atoms with Gasteiger partial charge in [0, 0.05) is 17.7 Å². The Morgan fingerprint density at radius 2 is 1.94 bits per heavy atom. The van der Waals surface area contributed by atoms with Crippen molar-refractivity contribution >= 4 is 0 Å². The number of rotatable bonds is 4. The maximum absolute atomic E-state index is 13.8. The zero-order valence-corrected chi connectivity index (χ0v) is 9.81. The minimum Gasteiger partial charge on any atom is -0.496 e. The van der Waals surface area contributed by atoms with Gasteiger partial charge in [0.25, 0.3) is 0 Å². The first-order valence-electron chi connectivity index (χ1n) is 5.16. The van der Waals surface area contributed by atoms with Gasteiger partial charge in [-0.3, -0.25) is 0 Å². The van der Waals surface area contributed by atoms with Crippen LogP contribution in [0, 0.1) is 11.6 Å². The molecule has 1 aromatic rings. The molecule has 1 aromatic carbocycles. The highest BCUT2D eigenvalue weighted by atomic mass is 19.1. The van der Waals surface area contributed by atoms with Gasteiger partial charge < -0.3 is 10.5 Å². The van der Waals surface area contributed by atoms with E-state index in [1.807, 2.05) is 13.8 Å². The monoisotopic (exact) mass is 229 g/mol. The second-order valence-corrected chi connectivity index (χ2v) is 4.39. The van der Waals surface area contributed by atoms with Crippen LogP contribution in [0.5, 0.6) is 5.75 Å². The summed E-state index contributed by atoms with van der Waals surface area (Å²) in [6, 6.07) is 2.06. The van der Waals surface area contributed by atoms with Gasteiger partial charge in [-0.1, -0.05) is 13.8 Å². The second kappa shape index (κ2) is 4.78. The third kappa shape index (κ3) is 2.50. The summed E-state index contributed by atoms with van der Waals surface area (Å²) in [6.45, 7) is 4.16. The van der Waals surface area contributed by atoms with E-state index in [-0.39, 0.29) is 5.75 Å². The SMILES string of the molecule is COc1cc(F)cc(F)c1C(C)(C)CCN. The van der Waals surface area contributed by atoms with Gasteiger partial charge in [0.2, 0.25) is 0 Å². The molecule has 0 bridgehead atoms. The predicted octanol–water partition coefficient (Wildman–Crippen LogP) is 2.60. The van der Waals surface area contributed by atoms with Gasteiger partial charge in [0.05, 0.1) is 7.11 Å². The summed E-state index contributed by atoms with van der Waals surface area (Å²) in [4.78, 5) is 0. The normalized spacial score (nSPS) is 11.6. The molecule has 0 amide bonds. The molecule has 0 radical (unpaired) electrons. The molecule has 1 rings (SSSR count). The van der Waals surface area contributed by atoms with E-state index in [0.717, 1.165) is 6.07 Å². The fourth-order valence-electron chi connectivity index (χ4n) is 1.85. The van der Waals surface area contributed by atoms with Crippen LogP contribution in [0.25, 0.3) is 0 Å². The molecule has 0 atom stereocenters. The van der Waals surface area contributed by atoms with Crippen LogP contribution in [-0.4, -0.2) is 13.7 Å². The van der Waals surface area contributed by atoms with Gasteiger partial charge in [-0.25, -0.2) is 8.78 Å². The van der Waals surface area contributed by atoms with Crippen molar-refractivity contribution in [3.05, 3.63) is 29.3 Å². The van der Waals surface area contributed by atoms with E-state index in [0.29, 0.717) is 18.5 Å². The van der Waals surface area contributed by atoms with E-state index in [2.05, 4.69) is 0 Å². The zero-order valence-electron chi connectivity index (χ0n) is 9.81. The Labute approximate surface area is 94.4 Å². The van der Waals surface area contributed by atoms with Crippen molar-refractivity contribution < 1.29 is 13.5 Å². The standard InChI is InChI=1S/C12H17F2NO/c1-12(2,4-5-15)11-9(14)6-8(13)7-10(11)16-3/h6-7H,4-5,15H2,1-3H3. The Hall–Kier alpha value is -1.16. The van der Waals surface area contributed by atoms with E-state index in [1.54, 1.807) is 0 Å². The number of halogens is 2. The highest BCUT2D eigenvalue weighted by Gasteiger charge is 2.28. The smallest absolute Gasteiger partial charge is 0.133 e. The molecular formula is C12H17F2NO. The van der Waals surface area contributed by atoms with Crippen molar-refractivity contribution in [3.63, 3.8) is 0 Å². The number of ether oxygens (including phenoxy) is 1. The maximum atomic E-state index is 13.8. The summed E-state index contributed by atoms with van der Waals surface area (Å²) in [7, 11) is 1.40. The van der Waals surface area contributed by atoms with Crippen LogP contribution < -0.4 is 10.5 Å². The van der Waals surface area contributed by atoms with Crippen LogP contribution in [0.2, 0.25) is 0 Å². The van der Waals surface area contributed by atoms with Crippen molar-refractivity contribution in [1.82, 2.24) is 0 Å². The third-order valence-electron chi connectivity index (χ3n) is 2.68. The van der Waals surface area contributed by atoms with Crippen molar-refractivity contribution in [3.8, 4) is 5.75 Å². The van der Waals surface area contributed by atoms with E-state index in [4.69, 9.17) is 10.5 Å². The lowest BCUT2D eigenvalue weighted by Gasteiger charge is -2.27. The largest absolute Gasteiger partial charge is 0.496 e. The summed E-state index contributed by atoms with van der Waals surface area (Å²) in [5.41, 5.74) is 5.39. The molecule has 0 aliphatic rings.